The van der Waals surface area contributed by atoms with E-state index in [1.54, 1.807) is 38.6 Å². The number of phenols is 1. The Kier molecular flexibility index (Phi) is 49.9. The summed E-state index contributed by atoms with van der Waals surface area (Å²) in [5.74, 6) is 0.160. The molecule has 27 heteroatoms. The van der Waals surface area contributed by atoms with Gasteiger partial charge in [0.15, 0.2) is 23.5 Å². The maximum Gasteiger partial charge on any atom is 0.311 e. The number of hydrogen-bond acceptors (Lipinski definition) is 21. The number of benzene rings is 3. The Morgan fingerprint density at radius 3 is 1.88 bits per heavy atom. The molecule has 4 aromatic rings. The van der Waals surface area contributed by atoms with E-state index >= 15 is 0 Å². The first-order valence-electron chi connectivity index (χ1n) is 26.6. The minimum atomic E-state index is -1.13. The first kappa shape index (κ1) is 82.5. The van der Waals surface area contributed by atoms with Crippen LogP contribution in [0.3, 0.4) is 0 Å². The van der Waals surface area contributed by atoms with Gasteiger partial charge in [0, 0.05) is 91.0 Å². The topological polar surface area (TPSA) is 428 Å². The smallest absolute Gasteiger partial charge is 0.311 e. The van der Waals surface area contributed by atoms with Gasteiger partial charge in [-0.2, -0.15) is 0 Å². The number of nitrogens with two attached hydrogens (primary N) is 3. The van der Waals surface area contributed by atoms with Crippen molar-refractivity contribution in [2.75, 3.05) is 77.3 Å². The van der Waals surface area contributed by atoms with E-state index in [1.165, 1.54) is 30.5 Å². The summed E-state index contributed by atoms with van der Waals surface area (Å²) >= 11 is 0. The lowest BCUT2D eigenvalue weighted by Crippen LogP contribution is -2.53. The van der Waals surface area contributed by atoms with Crippen LogP contribution in [0.2, 0.25) is 0 Å². The van der Waals surface area contributed by atoms with E-state index in [-0.39, 0.29) is 32.0 Å². The third kappa shape index (κ3) is 33.9. The minimum Gasteiger partial charge on any atom is -0.502 e. The number of phenolic OH excluding ortho intramolecular Hbond substituents is 1. The van der Waals surface area contributed by atoms with E-state index in [4.69, 9.17) is 60.8 Å². The molecular formula is C57H95N9O18. The zero-order chi connectivity index (χ0) is 65.3. The zero-order valence-corrected chi connectivity index (χ0v) is 50.6. The van der Waals surface area contributed by atoms with Crippen molar-refractivity contribution in [2.24, 2.45) is 30.2 Å². The number of nitro benzene ring substituents is 1. The second-order valence-corrected chi connectivity index (χ2v) is 17.7. The van der Waals surface area contributed by atoms with Crippen LogP contribution in [-0.2, 0) is 42.3 Å². The molecule has 84 heavy (non-hydrogen) atoms. The van der Waals surface area contributed by atoms with Crippen molar-refractivity contribution in [3.63, 3.8) is 0 Å². The van der Waals surface area contributed by atoms with E-state index in [9.17, 15) is 39.5 Å². The number of aromatic nitrogens is 1. The number of carboxylic acid groups (broad SMARTS) is 1. The van der Waals surface area contributed by atoms with Gasteiger partial charge in [-0.25, -0.2) is 0 Å². The second-order valence-electron chi connectivity index (χ2n) is 17.7. The Morgan fingerprint density at radius 1 is 0.917 bits per heavy atom. The van der Waals surface area contributed by atoms with E-state index in [1.807, 2.05) is 62.0 Å². The van der Waals surface area contributed by atoms with Crippen LogP contribution < -0.4 is 42.2 Å². The van der Waals surface area contributed by atoms with Crippen LogP contribution in [0.25, 0.3) is 0 Å². The van der Waals surface area contributed by atoms with Gasteiger partial charge in [0.25, 0.3) is 6.47 Å². The van der Waals surface area contributed by atoms with E-state index < -0.39 is 52.8 Å². The monoisotopic (exact) mass is 1190 g/mol. The number of likely N-dealkylation sites (tertiary alicyclic amines) is 1. The standard InChI is InChI=1S/C26H33N3O8.C8H11N.C7H10N2O.C5H12N2O.C5H10O3.C2H6.CH3NO.CH2O2.2CH4O/c1-18-13-24(36-2)25(37-12-6-5-11-30)15-21(18)28(26(33)20-7-3-4-10-27(20)17-31)16-19-8-9-23(32)22(14-19)29(34)35;1-7-3-5-8(9-2)6-4-7;1-8-6-3-7(5-10)9(2)4-6;1-3(2)4(6)5(7)8;6-4-1-5(7)3-8-2-4;1-2;2*2-1-3;2*1-2/h8-9,11,13-15,17,20,26,32-33H,3-7,10,12,16H2,1-2H3;3-6,9H,1-2H3;3-5,8H,1-2H3;3-4H,6H2,1-2H3,(H2,7,8);4-7H,1-3H2;1-2H3;1H,(H2,2,3);1H,(H,2,3);2*2H,1H3. The number of carbonyl (C=O) groups excluding carboxylic acids is 5. The van der Waals surface area contributed by atoms with Crippen molar-refractivity contribution in [1.82, 2.24) is 9.47 Å². The number of anilines is 3. The number of aliphatic hydroxyl groups is 5. The average Bonchev–Trinajstić information content (AvgIpc) is 2.60. The van der Waals surface area contributed by atoms with Gasteiger partial charge in [-0.1, -0.05) is 51.5 Å². The highest BCUT2D eigenvalue weighted by atomic mass is 16.6. The van der Waals surface area contributed by atoms with Gasteiger partial charge >= 0.3 is 5.69 Å². The molecule has 5 atom stereocenters. The highest BCUT2D eigenvalue weighted by Gasteiger charge is 2.34. The molecule has 3 heterocycles. The molecule has 2 aliphatic rings. The number of rotatable bonds is 18. The lowest BCUT2D eigenvalue weighted by Gasteiger charge is -2.42. The Morgan fingerprint density at radius 2 is 1.48 bits per heavy atom. The van der Waals surface area contributed by atoms with Crippen LogP contribution in [0.5, 0.6) is 17.2 Å². The van der Waals surface area contributed by atoms with Gasteiger partial charge < -0.3 is 97.0 Å². The fourth-order valence-electron chi connectivity index (χ4n) is 7.23. The van der Waals surface area contributed by atoms with Crippen LogP contribution in [-0.4, -0.2) is 180 Å². The molecule has 0 saturated carbocycles. The highest BCUT2D eigenvalue weighted by molar-refractivity contribution is 5.79. The third-order valence-corrected chi connectivity index (χ3v) is 11.5. The zero-order valence-electron chi connectivity index (χ0n) is 50.6. The Hall–Kier alpha value is -7.92. The number of piperidine rings is 1. The summed E-state index contributed by atoms with van der Waals surface area (Å²) in [5.41, 5.74) is 19.8. The summed E-state index contributed by atoms with van der Waals surface area (Å²) in [5, 5.41) is 77.4. The molecule has 3 amide bonds. The highest BCUT2D eigenvalue weighted by Crippen LogP contribution is 2.38. The Balaban J connectivity index is -0.000000547. The molecule has 3 aromatic carbocycles. The molecule has 5 unspecified atom stereocenters. The molecule has 0 bridgehead atoms. The predicted molar refractivity (Wildman–Crippen MR) is 323 cm³/mol. The number of unbranched alkanes of at least 4 members (excludes halogenated alkanes) is 1. The summed E-state index contributed by atoms with van der Waals surface area (Å²) in [7, 11) is 9.10. The molecule has 0 spiro atoms. The number of nitrogens with one attached hydrogen (secondary N) is 2. The van der Waals surface area contributed by atoms with Gasteiger partial charge in [0.2, 0.25) is 18.7 Å². The van der Waals surface area contributed by atoms with Gasteiger partial charge in [0.1, 0.15) is 12.5 Å². The number of aldehydes is 2. The van der Waals surface area contributed by atoms with Crippen molar-refractivity contribution in [1.29, 1.82) is 0 Å². The number of amides is 3. The number of nitrogens with zero attached hydrogens (tertiary/aromatic N) is 4. The quantitative estimate of drug-likeness (QED) is 0.0221. The van der Waals surface area contributed by atoms with E-state index in [0.29, 0.717) is 73.9 Å². The fraction of sp³-hybridized carbons (Fsp3) is 0.509. The molecule has 27 nitrogen and oxygen atoms in total. The fourth-order valence-corrected chi connectivity index (χ4v) is 7.23. The van der Waals surface area contributed by atoms with Crippen LogP contribution in [0.15, 0.2) is 66.9 Å². The second kappa shape index (κ2) is 50.8. The molecule has 2 aliphatic heterocycles. The summed E-state index contributed by atoms with van der Waals surface area (Å²) < 4.78 is 17.9. The first-order valence-corrected chi connectivity index (χ1v) is 26.6. The number of methoxy groups -OCH3 is 1. The van der Waals surface area contributed by atoms with Crippen LogP contribution in [0.4, 0.5) is 22.7 Å². The first-order chi connectivity index (χ1) is 40.1. The van der Waals surface area contributed by atoms with Gasteiger partial charge in [-0.15, -0.1) is 0 Å². The number of aryl methyl sites for hydroxylation is 3. The number of ether oxygens (including phenoxy) is 3. The summed E-state index contributed by atoms with van der Waals surface area (Å²) in [6.07, 6.45) is 6.07. The molecular weight excluding hydrogens is 1100 g/mol. The van der Waals surface area contributed by atoms with E-state index in [0.717, 1.165) is 57.3 Å². The molecule has 6 rings (SSSR count). The summed E-state index contributed by atoms with van der Waals surface area (Å²) in [4.78, 5) is 73.9. The molecule has 15 N–H and O–H groups in total. The number of primary amides is 2. The SMILES string of the molecule is CC.CC(C)C(N)C(N)=O.CNc1cc(C=O)n(C)c1.CNc1ccc(C)cc1.CO.CO.COc1cc(C)c(N(Cc2ccc(O)c([N+](=O)[O-])c2)C(O)C2CCCCN2C=O)cc1OCCCC=O.NC=O.O=CO.OC1COCC(O)C1. The number of nitro groups is 1. The molecule has 2 saturated heterocycles. The normalized spacial score (nSPS) is 14.8. The maximum atomic E-state index is 11.8. The largest absolute Gasteiger partial charge is 0.502 e. The van der Waals surface area contributed by atoms with Crippen LogP contribution in [0, 0.1) is 29.9 Å². The van der Waals surface area contributed by atoms with E-state index in [2.05, 4.69) is 47.6 Å². The number of carbonyl (C=O) groups is 6. The van der Waals surface area contributed by atoms with Crippen molar-refractivity contribution in [3.8, 4) is 17.2 Å². The molecule has 2 fully saturated rings. The number of aliphatic hydroxyl groups excluding tert-OH is 5. The van der Waals surface area contributed by atoms with Crippen LogP contribution >= 0.6 is 0 Å². The third-order valence-electron chi connectivity index (χ3n) is 11.5. The Bertz CT molecular complexity index is 2380. The van der Waals surface area contributed by atoms with Gasteiger partial charge in [-0.3, -0.25) is 34.1 Å². The van der Waals surface area contributed by atoms with Gasteiger partial charge in [-0.05, 0) is 86.9 Å². The number of hydrogen-bond donors (Lipinski definition) is 12. The lowest BCUT2D eigenvalue weighted by atomic mass is 9.99. The summed E-state index contributed by atoms with van der Waals surface area (Å²) in [6.45, 7) is 13.0. The number of aromatic hydroxyl groups is 1. The molecule has 0 aliphatic carbocycles. The Labute approximate surface area is 493 Å². The van der Waals surface area contributed by atoms with Crippen molar-refractivity contribution < 1.29 is 83.6 Å². The van der Waals surface area contributed by atoms with Crippen molar-refractivity contribution in [3.05, 3.63) is 99.4 Å². The molecule has 476 valence electrons. The van der Waals surface area contributed by atoms with Crippen molar-refractivity contribution in [2.45, 2.75) is 117 Å². The lowest BCUT2D eigenvalue weighted by molar-refractivity contribution is -0.385. The predicted octanol–water partition coefficient (Wildman–Crippen LogP) is 3.86. The minimum absolute atomic E-state index is 0.0588. The average molecular weight is 1190 g/mol. The van der Waals surface area contributed by atoms with Crippen molar-refractivity contribution >= 4 is 60.5 Å². The summed E-state index contributed by atoms with van der Waals surface area (Å²) in [6, 6.07) is 16.7. The molecule has 0 radical (unpaired) electrons. The molecule has 1 aromatic heterocycles. The van der Waals surface area contributed by atoms with Gasteiger partial charge in [0.05, 0.1) is 67.5 Å². The maximum absolute atomic E-state index is 11.8. The van der Waals surface area contributed by atoms with Crippen LogP contribution in [0.1, 0.15) is 93.4 Å².